The van der Waals surface area contributed by atoms with Gasteiger partial charge in [-0.3, -0.25) is 9.59 Å². The summed E-state index contributed by atoms with van der Waals surface area (Å²) in [5.74, 6) is -0.228. The minimum absolute atomic E-state index is 0.0887. The van der Waals surface area contributed by atoms with Crippen LogP contribution in [-0.2, 0) is 11.3 Å². The van der Waals surface area contributed by atoms with Crippen molar-refractivity contribution in [2.45, 2.75) is 19.1 Å². The first kappa shape index (κ1) is 13.6. The van der Waals surface area contributed by atoms with Crippen molar-refractivity contribution in [2.75, 3.05) is 13.7 Å². The van der Waals surface area contributed by atoms with E-state index < -0.39 is 0 Å². The zero-order valence-corrected chi connectivity index (χ0v) is 12.6. The molecule has 0 fully saturated rings. The third-order valence-electron chi connectivity index (χ3n) is 3.76. The molecule has 20 heavy (non-hydrogen) atoms. The van der Waals surface area contributed by atoms with Gasteiger partial charge in [-0.15, -0.1) is 0 Å². The maximum absolute atomic E-state index is 12.7. The molecule has 0 bridgehead atoms. The van der Waals surface area contributed by atoms with Gasteiger partial charge in [0.1, 0.15) is 5.69 Å². The van der Waals surface area contributed by atoms with Crippen molar-refractivity contribution in [1.82, 2.24) is 4.57 Å². The number of ketones is 1. The zero-order chi connectivity index (χ0) is 14.3. The van der Waals surface area contributed by atoms with E-state index in [1.165, 1.54) is 7.11 Å². The maximum Gasteiger partial charge on any atom is 0.238 e. The molecule has 2 aliphatic heterocycles. The van der Waals surface area contributed by atoms with E-state index in [9.17, 15) is 9.59 Å². The monoisotopic (exact) mass is 339 g/mol. The van der Waals surface area contributed by atoms with Crippen LogP contribution in [0.1, 0.15) is 16.9 Å². The highest BCUT2D eigenvalue weighted by Gasteiger charge is 2.38. The Morgan fingerprint density at radius 3 is 2.95 bits per heavy atom. The average Bonchev–Trinajstić information content (AvgIpc) is 2.67. The number of allylic oxidation sites excluding steroid dienone is 1. The highest BCUT2D eigenvalue weighted by Crippen LogP contribution is 2.31. The Hall–Kier alpha value is -1.40. The van der Waals surface area contributed by atoms with E-state index in [1.807, 2.05) is 12.2 Å². The number of pyridine rings is 1. The standard InChI is InChI=1S/C14H14BrNO4/c1-19-14-11-12(17)8-4-2-3-5-20-10(8)7-16(11)6-9(15)13(14)18/h2-3,6,8,10H,4-5,7H2,1H3/t8-,10-/m0/s1. The average molecular weight is 340 g/mol. The molecule has 0 saturated heterocycles. The highest BCUT2D eigenvalue weighted by atomic mass is 79.9. The van der Waals surface area contributed by atoms with E-state index in [4.69, 9.17) is 9.47 Å². The van der Waals surface area contributed by atoms with Crippen LogP contribution >= 0.6 is 15.9 Å². The molecule has 1 aromatic rings. The number of halogens is 1. The fraction of sp³-hybridized carbons (Fsp3) is 0.429. The summed E-state index contributed by atoms with van der Waals surface area (Å²) in [6.45, 7) is 1.06. The second-order valence-corrected chi connectivity index (χ2v) is 5.74. The second-order valence-electron chi connectivity index (χ2n) is 4.89. The molecule has 0 unspecified atom stereocenters. The van der Waals surface area contributed by atoms with Gasteiger partial charge in [0.15, 0.2) is 11.5 Å². The lowest BCUT2D eigenvalue weighted by Crippen LogP contribution is -2.41. The topological polar surface area (TPSA) is 57.5 Å². The van der Waals surface area contributed by atoms with Crippen LogP contribution in [0.5, 0.6) is 5.75 Å². The lowest BCUT2D eigenvalue weighted by molar-refractivity contribution is 0.0140. The number of hydrogen-bond donors (Lipinski definition) is 0. The van der Waals surface area contributed by atoms with Crippen LogP contribution < -0.4 is 10.2 Å². The molecule has 2 aliphatic rings. The Bertz CT molecular complexity index is 649. The lowest BCUT2D eigenvalue weighted by atomic mass is 9.88. The highest BCUT2D eigenvalue weighted by molar-refractivity contribution is 9.10. The molecular weight excluding hydrogens is 326 g/mol. The molecule has 0 spiro atoms. The predicted molar refractivity (Wildman–Crippen MR) is 76.3 cm³/mol. The molecule has 3 heterocycles. The van der Waals surface area contributed by atoms with Gasteiger partial charge in [-0.05, 0) is 22.4 Å². The molecule has 2 atom stereocenters. The van der Waals surface area contributed by atoms with Gasteiger partial charge < -0.3 is 14.0 Å². The third-order valence-corrected chi connectivity index (χ3v) is 4.32. The number of fused-ring (bicyclic) bond motifs is 2. The summed E-state index contributed by atoms with van der Waals surface area (Å²) in [6, 6.07) is 0. The quantitative estimate of drug-likeness (QED) is 0.732. The molecule has 0 saturated carbocycles. The van der Waals surface area contributed by atoms with E-state index in [0.29, 0.717) is 29.7 Å². The van der Waals surface area contributed by atoms with E-state index in [2.05, 4.69) is 15.9 Å². The van der Waals surface area contributed by atoms with Gasteiger partial charge in [-0.2, -0.15) is 0 Å². The summed E-state index contributed by atoms with van der Waals surface area (Å²) in [7, 11) is 1.41. The number of hydrogen-bond acceptors (Lipinski definition) is 4. The molecule has 6 heteroatoms. The van der Waals surface area contributed by atoms with Crippen LogP contribution in [0, 0.1) is 5.92 Å². The maximum atomic E-state index is 12.7. The number of carbonyl (C=O) groups is 1. The minimum Gasteiger partial charge on any atom is -0.491 e. The first-order valence-electron chi connectivity index (χ1n) is 6.41. The summed E-state index contributed by atoms with van der Waals surface area (Å²) in [5, 5.41) is 0. The first-order valence-corrected chi connectivity index (χ1v) is 7.20. The van der Waals surface area contributed by atoms with E-state index in [1.54, 1.807) is 10.8 Å². The van der Waals surface area contributed by atoms with Gasteiger partial charge in [0.2, 0.25) is 5.43 Å². The van der Waals surface area contributed by atoms with Crippen molar-refractivity contribution >= 4 is 21.7 Å². The minimum atomic E-state index is -0.296. The van der Waals surface area contributed by atoms with Crippen molar-refractivity contribution in [3.63, 3.8) is 0 Å². The molecule has 0 amide bonds. The fourth-order valence-corrected chi connectivity index (χ4v) is 3.20. The largest absolute Gasteiger partial charge is 0.491 e. The Kier molecular flexibility index (Phi) is 3.52. The fourth-order valence-electron chi connectivity index (χ4n) is 2.78. The third kappa shape index (κ3) is 2.03. The number of ether oxygens (including phenoxy) is 2. The Morgan fingerprint density at radius 2 is 2.20 bits per heavy atom. The van der Waals surface area contributed by atoms with Crippen LogP contribution in [0.4, 0.5) is 0 Å². The Balaban J connectivity index is 2.16. The number of methoxy groups -OCH3 is 1. The molecule has 1 aromatic heterocycles. The Morgan fingerprint density at radius 1 is 1.40 bits per heavy atom. The SMILES string of the molecule is COc1c2n(cc(Br)c1=O)C[C@@H]1OCC=CC[C@@H]1C2=O. The summed E-state index contributed by atoms with van der Waals surface area (Å²) in [6.07, 6.45) is 5.99. The van der Waals surface area contributed by atoms with Crippen molar-refractivity contribution in [3.8, 4) is 5.75 Å². The van der Waals surface area contributed by atoms with E-state index >= 15 is 0 Å². The van der Waals surface area contributed by atoms with Gasteiger partial charge in [0, 0.05) is 12.7 Å². The van der Waals surface area contributed by atoms with E-state index in [0.717, 1.165) is 0 Å². The normalized spacial score (nSPS) is 24.8. The number of nitrogens with zero attached hydrogens (tertiary/aromatic N) is 1. The number of rotatable bonds is 1. The van der Waals surface area contributed by atoms with E-state index in [-0.39, 0.29) is 29.0 Å². The van der Waals surface area contributed by atoms with Crippen molar-refractivity contribution in [2.24, 2.45) is 5.92 Å². The molecule has 3 rings (SSSR count). The number of Topliss-reactive ketones (excluding diaryl/α,β-unsaturated/α-hetero) is 1. The van der Waals surface area contributed by atoms with Crippen LogP contribution in [0.15, 0.2) is 27.6 Å². The first-order chi connectivity index (χ1) is 9.63. The smallest absolute Gasteiger partial charge is 0.238 e. The van der Waals surface area contributed by atoms with Crippen molar-refractivity contribution < 1.29 is 14.3 Å². The molecule has 0 aliphatic carbocycles. The summed E-state index contributed by atoms with van der Waals surface area (Å²) in [4.78, 5) is 24.7. The predicted octanol–water partition coefficient (Wildman–Crippen LogP) is 1.78. The summed E-state index contributed by atoms with van der Waals surface area (Å²) < 4.78 is 13.0. The van der Waals surface area contributed by atoms with Crippen LogP contribution in [0.3, 0.4) is 0 Å². The number of aromatic nitrogens is 1. The molecule has 5 nitrogen and oxygen atoms in total. The van der Waals surface area contributed by atoms with Gasteiger partial charge in [0.05, 0.1) is 30.2 Å². The number of carbonyl (C=O) groups excluding carboxylic acids is 1. The summed E-state index contributed by atoms with van der Waals surface area (Å²) in [5.41, 5.74) is 0.0523. The van der Waals surface area contributed by atoms with Gasteiger partial charge in [0.25, 0.3) is 0 Å². The van der Waals surface area contributed by atoms with Crippen LogP contribution in [0.2, 0.25) is 0 Å². The zero-order valence-electron chi connectivity index (χ0n) is 11.0. The second kappa shape index (κ2) is 5.18. The van der Waals surface area contributed by atoms with Crippen LogP contribution in [0.25, 0.3) is 0 Å². The molecule has 0 aromatic carbocycles. The summed E-state index contributed by atoms with van der Waals surface area (Å²) >= 11 is 3.21. The lowest BCUT2D eigenvalue weighted by Gasteiger charge is -2.32. The Labute approximate surface area is 124 Å². The van der Waals surface area contributed by atoms with Crippen LogP contribution in [-0.4, -0.2) is 30.2 Å². The van der Waals surface area contributed by atoms with Gasteiger partial charge >= 0.3 is 0 Å². The molecule has 0 N–H and O–H groups in total. The molecule has 106 valence electrons. The molecule has 0 radical (unpaired) electrons. The van der Waals surface area contributed by atoms with Gasteiger partial charge in [-0.1, -0.05) is 12.2 Å². The van der Waals surface area contributed by atoms with Gasteiger partial charge in [-0.25, -0.2) is 0 Å². The van der Waals surface area contributed by atoms with Crippen molar-refractivity contribution in [1.29, 1.82) is 0 Å². The van der Waals surface area contributed by atoms with Crippen molar-refractivity contribution in [3.05, 3.63) is 38.7 Å². The molecular formula is C14H14BrNO4.